The third kappa shape index (κ3) is 4.23. The number of hydrogen-bond donors (Lipinski definition) is 1. The maximum absolute atomic E-state index is 13.1. The number of nitrogens with one attached hydrogen (secondary N) is 1. The minimum atomic E-state index is -3.46. The summed E-state index contributed by atoms with van der Waals surface area (Å²) in [5.41, 5.74) is 0.942. The molecule has 4 nitrogen and oxygen atoms in total. The molecule has 126 valence electrons. The van der Waals surface area contributed by atoms with Crippen LogP contribution in [0.25, 0.3) is 0 Å². The molecule has 0 amide bonds. The Kier molecular flexibility index (Phi) is 7.82. The number of aryl methyl sites for hydroxylation is 1. The predicted molar refractivity (Wildman–Crippen MR) is 96.2 cm³/mol. The molecule has 22 heavy (non-hydrogen) atoms. The molecule has 1 saturated heterocycles. The molecule has 0 aliphatic carbocycles. The van der Waals surface area contributed by atoms with Crippen LogP contribution < -0.4 is 5.32 Å². The molecule has 0 spiro atoms. The summed E-state index contributed by atoms with van der Waals surface area (Å²) in [6, 6.07) is 5.51. The maximum atomic E-state index is 13.1. The summed E-state index contributed by atoms with van der Waals surface area (Å²) in [5.74, 6) is 0. The molecule has 1 aromatic carbocycles. The van der Waals surface area contributed by atoms with Gasteiger partial charge in [-0.1, -0.05) is 19.1 Å². The molecule has 0 aromatic heterocycles. The highest BCUT2D eigenvalue weighted by Crippen LogP contribution is 2.30. The van der Waals surface area contributed by atoms with Gasteiger partial charge in [0.2, 0.25) is 10.0 Å². The zero-order valence-corrected chi connectivity index (χ0v) is 16.2. The quantitative estimate of drug-likeness (QED) is 0.808. The van der Waals surface area contributed by atoms with E-state index in [0.29, 0.717) is 15.9 Å². The van der Waals surface area contributed by atoms with Crippen molar-refractivity contribution in [2.24, 2.45) is 0 Å². The number of sulfonamides is 1. The summed E-state index contributed by atoms with van der Waals surface area (Å²) in [6.45, 7) is 6.28. The zero-order valence-electron chi connectivity index (χ0n) is 13.0. The molecule has 1 aliphatic rings. The molecule has 0 radical (unpaired) electrons. The van der Waals surface area contributed by atoms with Gasteiger partial charge >= 0.3 is 0 Å². The van der Waals surface area contributed by atoms with Crippen LogP contribution in [0, 0.1) is 6.92 Å². The number of hydrogen-bond acceptors (Lipinski definition) is 3. The van der Waals surface area contributed by atoms with Crippen molar-refractivity contribution in [1.29, 1.82) is 0 Å². The zero-order chi connectivity index (χ0) is 15.5. The number of nitrogens with zero attached hydrogens (tertiary/aromatic N) is 1. The lowest BCUT2D eigenvalue weighted by Crippen LogP contribution is -2.46. The Bertz CT molecular complexity index is 589. The van der Waals surface area contributed by atoms with E-state index in [-0.39, 0.29) is 18.4 Å². The van der Waals surface area contributed by atoms with Crippen molar-refractivity contribution in [3.05, 3.63) is 28.2 Å². The summed E-state index contributed by atoms with van der Waals surface area (Å²) in [7, 11) is -3.46. The molecule has 1 fully saturated rings. The number of rotatable bonds is 5. The van der Waals surface area contributed by atoms with E-state index in [1.807, 2.05) is 19.9 Å². The molecular weight excluding hydrogens is 388 g/mol. The molecular formula is C15H24BrClN2O2S. The van der Waals surface area contributed by atoms with Crippen LogP contribution >= 0.6 is 28.3 Å². The lowest BCUT2D eigenvalue weighted by atomic mass is 10.1. The fourth-order valence-corrected chi connectivity index (χ4v) is 5.56. The van der Waals surface area contributed by atoms with Crippen LogP contribution in [0.15, 0.2) is 27.6 Å². The van der Waals surface area contributed by atoms with E-state index in [2.05, 4.69) is 21.2 Å². The Labute approximate surface area is 148 Å². The summed E-state index contributed by atoms with van der Waals surface area (Å²) in [6.07, 6.45) is 2.58. The average molecular weight is 412 g/mol. The van der Waals surface area contributed by atoms with Gasteiger partial charge < -0.3 is 5.32 Å². The molecule has 1 heterocycles. The van der Waals surface area contributed by atoms with Crippen LogP contribution in [0.4, 0.5) is 0 Å². The minimum absolute atomic E-state index is 0. The second-order valence-electron chi connectivity index (χ2n) is 5.48. The van der Waals surface area contributed by atoms with Crippen LogP contribution in [0.2, 0.25) is 0 Å². The fourth-order valence-electron chi connectivity index (χ4n) is 2.76. The smallest absolute Gasteiger partial charge is 0.244 e. The van der Waals surface area contributed by atoms with Crippen molar-refractivity contribution in [3.63, 3.8) is 0 Å². The van der Waals surface area contributed by atoms with Crippen LogP contribution in [0.1, 0.15) is 31.7 Å². The SMILES string of the molecule is CCCN(C1CCNCC1)S(=O)(=O)c1cccc(C)c1Br.Cl. The lowest BCUT2D eigenvalue weighted by molar-refractivity contribution is 0.262. The monoisotopic (exact) mass is 410 g/mol. The Balaban J connectivity index is 0.00000242. The van der Waals surface area contributed by atoms with E-state index in [1.54, 1.807) is 16.4 Å². The molecule has 0 unspecified atom stereocenters. The predicted octanol–water partition coefficient (Wildman–Crippen LogP) is 3.33. The van der Waals surface area contributed by atoms with E-state index in [1.165, 1.54) is 0 Å². The third-order valence-corrected chi connectivity index (χ3v) is 7.21. The second-order valence-corrected chi connectivity index (χ2v) is 8.14. The van der Waals surface area contributed by atoms with Gasteiger partial charge in [0.15, 0.2) is 0 Å². The van der Waals surface area contributed by atoms with Gasteiger partial charge in [-0.15, -0.1) is 12.4 Å². The standard InChI is InChI=1S/C15H23BrN2O2S.ClH/c1-3-11-18(13-7-9-17-10-8-13)21(19,20)14-6-4-5-12(2)15(14)16;/h4-6,13,17H,3,7-11H2,1-2H3;1H. The van der Waals surface area contributed by atoms with Crippen molar-refractivity contribution in [2.75, 3.05) is 19.6 Å². The minimum Gasteiger partial charge on any atom is -0.317 e. The van der Waals surface area contributed by atoms with Crippen LogP contribution in [-0.2, 0) is 10.0 Å². The average Bonchev–Trinajstić information content (AvgIpc) is 2.48. The van der Waals surface area contributed by atoms with Gasteiger partial charge in [0.05, 0.1) is 4.90 Å². The molecule has 1 aliphatic heterocycles. The van der Waals surface area contributed by atoms with Gasteiger partial charge in [0.25, 0.3) is 0 Å². The van der Waals surface area contributed by atoms with Gasteiger partial charge in [-0.25, -0.2) is 8.42 Å². The van der Waals surface area contributed by atoms with E-state index in [4.69, 9.17) is 0 Å². The highest BCUT2D eigenvalue weighted by Gasteiger charge is 2.33. The number of piperidine rings is 1. The highest BCUT2D eigenvalue weighted by molar-refractivity contribution is 9.10. The Morgan fingerprint density at radius 2 is 1.95 bits per heavy atom. The summed E-state index contributed by atoms with van der Waals surface area (Å²) in [4.78, 5) is 0.384. The Morgan fingerprint density at radius 1 is 1.32 bits per heavy atom. The van der Waals surface area contributed by atoms with Crippen LogP contribution in [0.3, 0.4) is 0 Å². The van der Waals surface area contributed by atoms with E-state index in [0.717, 1.165) is 37.9 Å². The van der Waals surface area contributed by atoms with Gasteiger partial charge in [-0.05, 0) is 66.8 Å². The first-order chi connectivity index (χ1) is 9.98. The normalized spacial score (nSPS) is 16.5. The van der Waals surface area contributed by atoms with Crippen molar-refractivity contribution in [2.45, 2.75) is 44.0 Å². The molecule has 0 saturated carbocycles. The third-order valence-electron chi connectivity index (χ3n) is 3.90. The van der Waals surface area contributed by atoms with Crippen molar-refractivity contribution in [3.8, 4) is 0 Å². The molecule has 2 rings (SSSR count). The Morgan fingerprint density at radius 3 is 2.55 bits per heavy atom. The number of benzene rings is 1. The van der Waals surface area contributed by atoms with Gasteiger partial charge in [-0.3, -0.25) is 0 Å². The fraction of sp³-hybridized carbons (Fsp3) is 0.600. The summed E-state index contributed by atoms with van der Waals surface area (Å²) < 4.78 is 28.5. The van der Waals surface area contributed by atoms with E-state index < -0.39 is 10.0 Å². The first kappa shape index (κ1) is 19.9. The first-order valence-electron chi connectivity index (χ1n) is 7.46. The first-order valence-corrected chi connectivity index (χ1v) is 9.69. The maximum Gasteiger partial charge on any atom is 0.244 e. The summed E-state index contributed by atoms with van der Waals surface area (Å²) in [5, 5.41) is 3.29. The lowest BCUT2D eigenvalue weighted by Gasteiger charge is -2.33. The van der Waals surface area contributed by atoms with Crippen molar-refractivity contribution >= 4 is 38.4 Å². The second kappa shape index (κ2) is 8.64. The molecule has 1 aromatic rings. The molecule has 0 bridgehead atoms. The molecule has 7 heteroatoms. The molecule has 0 atom stereocenters. The van der Waals surface area contributed by atoms with Gasteiger partial charge in [0, 0.05) is 17.1 Å². The van der Waals surface area contributed by atoms with E-state index >= 15 is 0 Å². The van der Waals surface area contributed by atoms with Crippen LogP contribution in [-0.4, -0.2) is 38.4 Å². The topological polar surface area (TPSA) is 49.4 Å². The molecule has 1 N–H and O–H groups in total. The van der Waals surface area contributed by atoms with E-state index in [9.17, 15) is 8.42 Å². The summed E-state index contributed by atoms with van der Waals surface area (Å²) >= 11 is 3.44. The highest BCUT2D eigenvalue weighted by atomic mass is 79.9. The van der Waals surface area contributed by atoms with Crippen molar-refractivity contribution in [1.82, 2.24) is 9.62 Å². The van der Waals surface area contributed by atoms with Gasteiger partial charge in [-0.2, -0.15) is 4.31 Å². The van der Waals surface area contributed by atoms with Crippen LogP contribution in [0.5, 0.6) is 0 Å². The number of halogens is 2. The Hall–Kier alpha value is -0.140. The van der Waals surface area contributed by atoms with Gasteiger partial charge in [0.1, 0.15) is 0 Å². The largest absolute Gasteiger partial charge is 0.317 e. The van der Waals surface area contributed by atoms with Crippen molar-refractivity contribution < 1.29 is 8.42 Å².